The van der Waals surface area contributed by atoms with Crippen LogP contribution in [0.3, 0.4) is 0 Å². The van der Waals surface area contributed by atoms with E-state index in [1.807, 2.05) is 55.4 Å². The van der Waals surface area contributed by atoms with Gasteiger partial charge in [-0.25, -0.2) is 8.42 Å². The second-order valence-electron chi connectivity index (χ2n) is 6.30. The number of halogens is 1. The molecule has 0 aliphatic carbocycles. The Morgan fingerprint density at radius 3 is 2.44 bits per heavy atom. The quantitative estimate of drug-likeness (QED) is 0.819. The second kappa shape index (κ2) is 6.69. The summed E-state index contributed by atoms with van der Waals surface area (Å²) in [5.41, 5.74) is 3.56. The van der Waals surface area contributed by atoms with Crippen LogP contribution in [0.15, 0.2) is 53.6 Å². The van der Waals surface area contributed by atoms with Gasteiger partial charge in [0.2, 0.25) is 10.0 Å². The highest BCUT2D eigenvalue weighted by Crippen LogP contribution is 2.35. The molecule has 0 saturated heterocycles. The van der Waals surface area contributed by atoms with Gasteiger partial charge in [0.25, 0.3) is 0 Å². The Morgan fingerprint density at radius 1 is 1.16 bits per heavy atom. The van der Waals surface area contributed by atoms with Crippen molar-refractivity contribution in [2.24, 2.45) is 5.10 Å². The van der Waals surface area contributed by atoms with Crippen LogP contribution in [0.25, 0.3) is 0 Å². The zero-order chi connectivity index (χ0) is 18.2. The molecule has 1 aliphatic heterocycles. The average Bonchev–Trinajstić information content (AvgIpc) is 3.01. The van der Waals surface area contributed by atoms with E-state index in [1.54, 1.807) is 12.1 Å². The Kier molecular flexibility index (Phi) is 4.75. The van der Waals surface area contributed by atoms with E-state index in [9.17, 15) is 8.42 Å². The Hall–Kier alpha value is -2.05. The van der Waals surface area contributed by atoms with E-state index in [0.717, 1.165) is 22.5 Å². The first-order valence-corrected chi connectivity index (χ1v) is 10.1. The highest BCUT2D eigenvalue weighted by Gasteiger charge is 2.34. The van der Waals surface area contributed by atoms with Crippen molar-refractivity contribution >= 4 is 33.0 Å². The normalized spacial score (nSPS) is 17.5. The molecule has 132 valence electrons. The van der Waals surface area contributed by atoms with Gasteiger partial charge in [0.05, 0.1) is 18.0 Å². The van der Waals surface area contributed by atoms with Crippen LogP contribution in [-0.4, -0.2) is 38.9 Å². The van der Waals surface area contributed by atoms with Crippen molar-refractivity contribution in [3.8, 4) is 0 Å². The number of anilines is 1. The molecule has 2 aromatic rings. The predicted molar refractivity (Wildman–Crippen MR) is 103 cm³/mol. The van der Waals surface area contributed by atoms with Crippen molar-refractivity contribution in [3.63, 3.8) is 0 Å². The maximum atomic E-state index is 12.3. The van der Waals surface area contributed by atoms with Crippen molar-refractivity contribution < 1.29 is 8.42 Å². The molecule has 0 spiro atoms. The molecule has 0 amide bonds. The Morgan fingerprint density at radius 2 is 1.84 bits per heavy atom. The van der Waals surface area contributed by atoms with E-state index in [0.29, 0.717) is 11.4 Å². The molecule has 0 saturated carbocycles. The highest BCUT2D eigenvalue weighted by molar-refractivity contribution is 7.88. The molecule has 2 aromatic carbocycles. The third-order valence-electron chi connectivity index (χ3n) is 4.16. The van der Waals surface area contributed by atoms with Gasteiger partial charge >= 0.3 is 0 Å². The maximum Gasteiger partial charge on any atom is 0.247 e. The summed E-state index contributed by atoms with van der Waals surface area (Å²) in [5.74, 6) is 0. The molecule has 0 unspecified atom stereocenters. The number of rotatable bonds is 4. The molecule has 1 heterocycles. The minimum Gasteiger partial charge on any atom is -0.378 e. The fourth-order valence-electron chi connectivity index (χ4n) is 2.87. The summed E-state index contributed by atoms with van der Waals surface area (Å²) in [6, 6.07) is 14.8. The summed E-state index contributed by atoms with van der Waals surface area (Å²) in [7, 11) is 0.436. The summed E-state index contributed by atoms with van der Waals surface area (Å²) in [5, 5.41) is 5.03. The van der Waals surface area contributed by atoms with Crippen LogP contribution < -0.4 is 4.90 Å². The van der Waals surface area contributed by atoms with Crippen molar-refractivity contribution in [1.29, 1.82) is 0 Å². The maximum absolute atomic E-state index is 12.3. The van der Waals surface area contributed by atoms with Gasteiger partial charge in [-0.1, -0.05) is 35.9 Å². The SMILES string of the molecule is CN(C)c1cccc([C@H]2CC(c3ccc(Cl)cc3)=NN2S(C)(=O)=O)c1. The fourth-order valence-corrected chi connectivity index (χ4v) is 3.90. The van der Waals surface area contributed by atoms with E-state index in [1.165, 1.54) is 10.7 Å². The van der Waals surface area contributed by atoms with Crippen LogP contribution in [0.1, 0.15) is 23.6 Å². The molecule has 25 heavy (non-hydrogen) atoms. The molecule has 3 rings (SSSR count). The van der Waals surface area contributed by atoms with E-state index >= 15 is 0 Å². The third kappa shape index (κ3) is 3.80. The van der Waals surface area contributed by atoms with Gasteiger partial charge in [-0.05, 0) is 35.4 Å². The first kappa shape index (κ1) is 17.8. The second-order valence-corrected chi connectivity index (χ2v) is 8.58. The van der Waals surface area contributed by atoms with Gasteiger partial charge in [0.1, 0.15) is 0 Å². The smallest absolute Gasteiger partial charge is 0.247 e. The summed E-state index contributed by atoms with van der Waals surface area (Å²) in [6.45, 7) is 0. The minimum absolute atomic E-state index is 0.347. The standard InChI is InChI=1S/C18H20ClN3O2S/c1-21(2)16-6-4-5-14(11-16)18-12-17(20-22(18)25(3,23)24)13-7-9-15(19)10-8-13/h4-11,18H,12H2,1-3H3/t18-/m1/s1. The molecular weight excluding hydrogens is 358 g/mol. The van der Waals surface area contributed by atoms with Gasteiger partial charge in [-0.3, -0.25) is 0 Å². The van der Waals surface area contributed by atoms with Crippen LogP contribution in [0.5, 0.6) is 0 Å². The zero-order valence-corrected chi connectivity index (χ0v) is 15.9. The van der Waals surface area contributed by atoms with Crippen LogP contribution in [0.4, 0.5) is 5.69 Å². The molecule has 0 aromatic heterocycles. The third-order valence-corrected chi connectivity index (χ3v) is 5.43. The summed E-state index contributed by atoms with van der Waals surface area (Å²) >= 11 is 5.94. The summed E-state index contributed by atoms with van der Waals surface area (Å²) in [4.78, 5) is 1.99. The van der Waals surface area contributed by atoms with Crippen molar-refractivity contribution in [2.75, 3.05) is 25.3 Å². The molecule has 7 heteroatoms. The number of hydrogen-bond donors (Lipinski definition) is 0. The Balaban J connectivity index is 2.00. The van der Waals surface area contributed by atoms with Gasteiger partial charge < -0.3 is 4.90 Å². The number of hydrazone groups is 1. The number of hydrogen-bond acceptors (Lipinski definition) is 4. The number of benzene rings is 2. The average molecular weight is 378 g/mol. The first-order valence-electron chi connectivity index (χ1n) is 7.86. The van der Waals surface area contributed by atoms with E-state index in [-0.39, 0.29) is 6.04 Å². The molecule has 0 fully saturated rings. The van der Waals surface area contributed by atoms with Crippen LogP contribution in [-0.2, 0) is 10.0 Å². The summed E-state index contributed by atoms with van der Waals surface area (Å²) < 4.78 is 25.7. The Bertz CT molecular complexity index is 908. The lowest BCUT2D eigenvalue weighted by molar-refractivity contribution is 0.375. The molecule has 1 atom stereocenters. The lowest BCUT2D eigenvalue weighted by Crippen LogP contribution is -2.26. The first-order chi connectivity index (χ1) is 11.8. The summed E-state index contributed by atoms with van der Waals surface area (Å²) in [6.07, 6.45) is 1.70. The molecular formula is C18H20ClN3O2S. The van der Waals surface area contributed by atoms with Crippen molar-refractivity contribution in [3.05, 3.63) is 64.7 Å². The van der Waals surface area contributed by atoms with Crippen molar-refractivity contribution in [2.45, 2.75) is 12.5 Å². The monoisotopic (exact) mass is 377 g/mol. The topological polar surface area (TPSA) is 53.0 Å². The minimum atomic E-state index is -3.48. The van der Waals surface area contributed by atoms with Gasteiger partial charge in [-0.2, -0.15) is 9.52 Å². The van der Waals surface area contributed by atoms with Gasteiger partial charge in [-0.15, -0.1) is 0 Å². The largest absolute Gasteiger partial charge is 0.378 e. The number of sulfonamides is 1. The van der Waals surface area contributed by atoms with Crippen LogP contribution in [0, 0.1) is 0 Å². The molecule has 0 N–H and O–H groups in total. The van der Waals surface area contributed by atoms with Crippen LogP contribution >= 0.6 is 11.6 Å². The van der Waals surface area contributed by atoms with Gasteiger partial charge in [0.15, 0.2) is 0 Å². The lowest BCUT2D eigenvalue weighted by Gasteiger charge is -2.23. The zero-order valence-electron chi connectivity index (χ0n) is 14.3. The van der Waals surface area contributed by atoms with Crippen molar-refractivity contribution in [1.82, 2.24) is 4.41 Å². The molecule has 0 radical (unpaired) electrons. The van der Waals surface area contributed by atoms with E-state index in [2.05, 4.69) is 5.10 Å². The van der Waals surface area contributed by atoms with E-state index < -0.39 is 10.0 Å². The molecule has 1 aliphatic rings. The van der Waals surface area contributed by atoms with Gasteiger partial charge in [0, 0.05) is 31.2 Å². The predicted octanol–water partition coefficient (Wildman–Crippen LogP) is 3.52. The lowest BCUT2D eigenvalue weighted by atomic mass is 9.99. The molecule has 5 nitrogen and oxygen atoms in total. The Labute approximate surface area is 153 Å². The molecule has 0 bridgehead atoms. The highest BCUT2D eigenvalue weighted by atomic mass is 35.5. The number of nitrogens with zero attached hydrogens (tertiary/aromatic N) is 3. The van der Waals surface area contributed by atoms with Crippen LogP contribution in [0.2, 0.25) is 5.02 Å². The van der Waals surface area contributed by atoms with E-state index in [4.69, 9.17) is 11.6 Å². The fraction of sp³-hybridized carbons (Fsp3) is 0.278.